The van der Waals surface area contributed by atoms with Crippen molar-refractivity contribution in [2.75, 3.05) is 0 Å². The maximum Gasteiger partial charge on any atom is 0.271 e. The van der Waals surface area contributed by atoms with Crippen molar-refractivity contribution in [3.63, 3.8) is 0 Å². The molecular formula is C18H19BrN2O. The van der Waals surface area contributed by atoms with Gasteiger partial charge in [0.05, 0.1) is 5.71 Å². The molecule has 0 radical (unpaired) electrons. The Kier molecular flexibility index (Phi) is 6.34. The molecule has 2 rings (SSSR count). The molecule has 0 bridgehead atoms. The molecule has 2 aromatic carbocycles. The summed E-state index contributed by atoms with van der Waals surface area (Å²) in [6.07, 6.45) is 2.98. The van der Waals surface area contributed by atoms with Crippen LogP contribution in [-0.4, -0.2) is 11.6 Å². The number of hydrogen-bond acceptors (Lipinski definition) is 2. The second kappa shape index (κ2) is 8.49. The Bertz CT molecular complexity index is 636. The van der Waals surface area contributed by atoms with E-state index in [1.807, 2.05) is 42.5 Å². The van der Waals surface area contributed by atoms with Crippen LogP contribution in [0.4, 0.5) is 0 Å². The number of nitrogens with one attached hydrogen (secondary N) is 1. The molecule has 0 saturated heterocycles. The van der Waals surface area contributed by atoms with Gasteiger partial charge in [0, 0.05) is 10.0 Å². The van der Waals surface area contributed by atoms with E-state index in [-0.39, 0.29) is 5.91 Å². The SMILES string of the molecule is CCCC/C(=N/NC(=O)c1ccc(Br)cc1)c1ccccc1. The molecule has 1 amide bonds. The van der Waals surface area contributed by atoms with E-state index >= 15 is 0 Å². The van der Waals surface area contributed by atoms with Crippen molar-refractivity contribution in [1.82, 2.24) is 5.43 Å². The van der Waals surface area contributed by atoms with Gasteiger partial charge in [-0.15, -0.1) is 0 Å². The Morgan fingerprint density at radius 1 is 1.05 bits per heavy atom. The van der Waals surface area contributed by atoms with E-state index in [4.69, 9.17) is 0 Å². The largest absolute Gasteiger partial charge is 0.271 e. The zero-order valence-corrected chi connectivity index (χ0v) is 14.1. The minimum absolute atomic E-state index is 0.197. The molecule has 0 fully saturated rings. The number of carbonyl (C=O) groups excluding carboxylic acids is 1. The summed E-state index contributed by atoms with van der Waals surface area (Å²) in [4.78, 5) is 12.1. The lowest BCUT2D eigenvalue weighted by molar-refractivity contribution is 0.0955. The molecule has 114 valence electrons. The highest BCUT2D eigenvalue weighted by molar-refractivity contribution is 9.10. The fourth-order valence-corrected chi connectivity index (χ4v) is 2.29. The lowest BCUT2D eigenvalue weighted by Gasteiger charge is -2.07. The van der Waals surface area contributed by atoms with Crippen LogP contribution in [0.1, 0.15) is 42.1 Å². The number of rotatable bonds is 6. The van der Waals surface area contributed by atoms with Crippen LogP contribution < -0.4 is 5.43 Å². The molecule has 0 spiro atoms. The first-order valence-electron chi connectivity index (χ1n) is 7.38. The van der Waals surface area contributed by atoms with Gasteiger partial charge in [0.25, 0.3) is 5.91 Å². The Morgan fingerprint density at radius 3 is 2.36 bits per heavy atom. The molecule has 22 heavy (non-hydrogen) atoms. The van der Waals surface area contributed by atoms with Crippen LogP contribution >= 0.6 is 15.9 Å². The highest BCUT2D eigenvalue weighted by Crippen LogP contribution is 2.11. The number of hydrazone groups is 1. The molecular weight excluding hydrogens is 340 g/mol. The van der Waals surface area contributed by atoms with E-state index in [0.717, 1.165) is 35.0 Å². The van der Waals surface area contributed by atoms with Gasteiger partial charge in [-0.1, -0.05) is 59.6 Å². The van der Waals surface area contributed by atoms with Gasteiger partial charge in [-0.3, -0.25) is 4.79 Å². The van der Waals surface area contributed by atoms with E-state index in [2.05, 4.69) is 33.4 Å². The number of amides is 1. The van der Waals surface area contributed by atoms with Crippen molar-refractivity contribution in [1.29, 1.82) is 0 Å². The van der Waals surface area contributed by atoms with Crippen LogP contribution in [-0.2, 0) is 0 Å². The van der Waals surface area contributed by atoms with Gasteiger partial charge in [0.1, 0.15) is 0 Å². The normalized spacial score (nSPS) is 11.3. The Balaban J connectivity index is 2.12. The zero-order chi connectivity index (χ0) is 15.8. The lowest BCUT2D eigenvalue weighted by atomic mass is 10.1. The average Bonchev–Trinajstić information content (AvgIpc) is 2.56. The predicted molar refractivity (Wildman–Crippen MR) is 94.1 cm³/mol. The third kappa shape index (κ3) is 4.81. The van der Waals surface area contributed by atoms with Crippen LogP contribution in [0.3, 0.4) is 0 Å². The standard InChI is InChI=1S/C18H19BrN2O/c1-2-3-9-17(14-7-5-4-6-8-14)20-21-18(22)15-10-12-16(19)13-11-15/h4-8,10-13H,2-3,9H2,1H3,(H,21,22)/b20-17-. The highest BCUT2D eigenvalue weighted by atomic mass is 79.9. The summed E-state index contributed by atoms with van der Waals surface area (Å²) in [5.74, 6) is -0.197. The third-order valence-corrected chi connectivity index (χ3v) is 3.80. The summed E-state index contributed by atoms with van der Waals surface area (Å²) in [7, 11) is 0. The zero-order valence-electron chi connectivity index (χ0n) is 12.6. The minimum atomic E-state index is -0.197. The summed E-state index contributed by atoms with van der Waals surface area (Å²) < 4.78 is 0.945. The van der Waals surface area contributed by atoms with Gasteiger partial charge in [-0.05, 0) is 42.7 Å². The molecule has 4 heteroatoms. The second-order valence-corrected chi connectivity index (χ2v) is 5.89. The number of nitrogens with zero attached hydrogens (tertiary/aromatic N) is 1. The molecule has 0 aliphatic rings. The van der Waals surface area contributed by atoms with Gasteiger partial charge < -0.3 is 0 Å². The fraction of sp³-hybridized carbons (Fsp3) is 0.222. The van der Waals surface area contributed by atoms with Gasteiger partial charge in [-0.25, -0.2) is 5.43 Å². The van der Waals surface area contributed by atoms with E-state index in [1.54, 1.807) is 12.1 Å². The van der Waals surface area contributed by atoms with E-state index in [1.165, 1.54) is 0 Å². The van der Waals surface area contributed by atoms with Crippen molar-refractivity contribution in [3.8, 4) is 0 Å². The fourth-order valence-electron chi connectivity index (χ4n) is 2.02. The number of benzene rings is 2. The van der Waals surface area contributed by atoms with Crippen LogP contribution in [0, 0.1) is 0 Å². The Morgan fingerprint density at radius 2 is 1.73 bits per heavy atom. The average molecular weight is 359 g/mol. The molecule has 1 N–H and O–H groups in total. The molecule has 3 nitrogen and oxygen atoms in total. The molecule has 0 unspecified atom stereocenters. The Labute approximate surface area is 139 Å². The first kappa shape index (κ1) is 16.4. The molecule has 0 heterocycles. The molecule has 0 aromatic heterocycles. The van der Waals surface area contributed by atoms with Gasteiger partial charge >= 0.3 is 0 Å². The van der Waals surface area contributed by atoms with Gasteiger partial charge in [-0.2, -0.15) is 5.10 Å². The molecule has 0 aliphatic carbocycles. The predicted octanol–water partition coefficient (Wildman–Crippen LogP) is 4.77. The summed E-state index contributed by atoms with van der Waals surface area (Å²) in [6.45, 7) is 2.14. The quantitative estimate of drug-likeness (QED) is 0.586. The maximum atomic E-state index is 12.1. The monoisotopic (exact) mass is 358 g/mol. The summed E-state index contributed by atoms with van der Waals surface area (Å²) >= 11 is 3.36. The van der Waals surface area contributed by atoms with Gasteiger partial charge in [0.15, 0.2) is 0 Å². The van der Waals surface area contributed by atoms with Crippen molar-refractivity contribution >= 4 is 27.5 Å². The highest BCUT2D eigenvalue weighted by Gasteiger charge is 2.07. The number of hydrogen-bond donors (Lipinski definition) is 1. The van der Waals surface area contributed by atoms with Crippen LogP contribution in [0.15, 0.2) is 64.2 Å². The van der Waals surface area contributed by atoms with E-state index in [0.29, 0.717) is 5.56 Å². The summed E-state index contributed by atoms with van der Waals surface area (Å²) in [5.41, 5.74) is 5.21. The molecule has 0 aliphatic heterocycles. The Hall–Kier alpha value is -1.94. The minimum Gasteiger partial charge on any atom is -0.267 e. The molecule has 0 atom stereocenters. The molecule has 2 aromatic rings. The smallest absolute Gasteiger partial charge is 0.267 e. The van der Waals surface area contributed by atoms with Crippen LogP contribution in [0.5, 0.6) is 0 Å². The van der Waals surface area contributed by atoms with Crippen molar-refractivity contribution < 1.29 is 4.79 Å². The van der Waals surface area contributed by atoms with Crippen LogP contribution in [0.2, 0.25) is 0 Å². The maximum absolute atomic E-state index is 12.1. The number of halogens is 1. The van der Waals surface area contributed by atoms with Crippen molar-refractivity contribution in [2.24, 2.45) is 5.10 Å². The van der Waals surface area contributed by atoms with Gasteiger partial charge in [0.2, 0.25) is 0 Å². The van der Waals surface area contributed by atoms with Crippen molar-refractivity contribution in [3.05, 3.63) is 70.2 Å². The van der Waals surface area contributed by atoms with Crippen molar-refractivity contribution in [2.45, 2.75) is 26.2 Å². The van der Waals surface area contributed by atoms with E-state index in [9.17, 15) is 4.79 Å². The first-order chi connectivity index (χ1) is 10.7. The topological polar surface area (TPSA) is 41.5 Å². The summed E-state index contributed by atoms with van der Waals surface area (Å²) in [6, 6.07) is 17.2. The van der Waals surface area contributed by atoms with Crippen LogP contribution in [0.25, 0.3) is 0 Å². The third-order valence-electron chi connectivity index (χ3n) is 3.27. The second-order valence-electron chi connectivity index (χ2n) is 4.98. The first-order valence-corrected chi connectivity index (χ1v) is 8.18. The summed E-state index contributed by atoms with van der Waals surface area (Å²) in [5, 5.41) is 4.34. The number of carbonyl (C=O) groups is 1. The number of unbranched alkanes of at least 4 members (excludes halogenated alkanes) is 1. The van der Waals surface area contributed by atoms with E-state index < -0.39 is 0 Å². The lowest BCUT2D eigenvalue weighted by Crippen LogP contribution is -2.20. The molecule has 0 saturated carbocycles.